The van der Waals surface area contributed by atoms with Crippen LogP contribution >= 0.6 is 0 Å². The largest absolute Gasteiger partial charge is 0.445 e. The molecule has 1 aliphatic heterocycles. The molecule has 128 valence electrons. The van der Waals surface area contributed by atoms with Crippen LogP contribution in [0.1, 0.15) is 31.2 Å². The fourth-order valence-corrected chi connectivity index (χ4v) is 6.45. The van der Waals surface area contributed by atoms with Crippen molar-refractivity contribution in [3.05, 3.63) is 36.2 Å². The second-order valence-electron chi connectivity index (χ2n) is 7.32. The highest BCUT2D eigenvalue weighted by Crippen LogP contribution is 2.46. The molecule has 24 heavy (non-hydrogen) atoms. The van der Waals surface area contributed by atoms with Gasteiger partial charge in [-0.3, -0.25) is 0 Å². The average Bonchev–Trinajstić information content (AvgIpc) is 3.04. The minimum Gasteiger partial charge on any atom is -0.445 e. The minimum atomic E-state index is -2.74. The van der Waals surface area contributed by atoms with E-state index in [1.807, 2.05) is 6.92 Å². The first-order valence-electron chi connectivity index (χ1n) is 8.42. The summed E-state index contributed by atoms with van der Waals surface area (Å²) in [6, 6.07) is 6.64. The summed E-state index contributed by atoms with van der Waals surface area (Å²) in [5, 5.41) is 3.60. The first kappa shape index (κ1) is 15.7. The number of anilines is 1. The Kier molecular flexibility index (Phi) is 3.67. The van der Waals surface area contributed by atoms with Crippen LogP contribution in [-0.2, 0) is 9.84 Å². The van der Waals surface area contributed by atoms with Crippen LogP contribution in [0, 0.1) is 12.3 Å². The van der Waals surface area contributed by atoms with Crippen molar-refractivity contribution in [1.82, 2.24) is 4.98 Å². The number of nitrogens with zero attached hydrogens (tertiary/aromatic N) is 1. The lowest BCUT2D eigenvalue weighted by molar-refractivity contribution is 0.216. The van der Waals surface area contributed by atoms with E-state index in [1.165, 1.54) is 0 Å². The molecule has 6 heteroatoms. The Balaban J connectivity index is 1.43. The molecule has 5 nitrogen and oxygen atoms in total. The van der Waals surface area contributed by atoms with E-state index in [0.29, 0.717) is 23.4 Å². The minimum absolute atomic E-state index is 0.0769. The van der Waals surface area contributed by atoms with E-state index in [0.717, 1.165) is 42.5 Å². The van der Waals surface area contributed by atoms with Gasteiger partial charge in [0.2, 0.25) is 5.89 Å². The third-order valence-corrected chi connectivity index (χ3v) is 7.47. The number of hydrogen-bond donors (Lipinski definition) is 1. The Morgan fingerprint density at radius 3 is 2.62 bits per heavy atom. The number of hydrogen-bond acceptors (Lipinski definition) is 5. The first-order chi connectivity index (χ1) is 11.4. The molecule has 0 bridgehead atoms. The Bertz CT molecular complexity index is 821. The summed E-state index contributed by atoms with van der Waals surface area (Å²) in [6.45, 7) is 2.05. The second kappa shape index (κ2) is 5.62. The molecule has 4 rings (SSSR count). The van der Waals surface area contributed by atoms with Gasteiger partial charge < -0.3 is 9.73 Å². The summed E-state index contributed by atoms with van der Waals surface area (Å²) >= 11 is 0. The number of aromatic nitrogens is 1. The van der Waals surface area contributed by atoms with Crippen LogP contribution in [0.25, 0.3) is 11.5 Å². The van der Waals surface area contributed by atoms with Gasteiger partial charge in [-0.2, -0.15) is 0 Å². The number of benzene rings is 1. The van der Waals surface area contributed by atoms with Crippen LogP contribution < -0.4 is 5.32 Å². The fraction of sp³-hybridized carbons (Fsp3) is 0.500. The summed E-state index contributed by atoms with van der Waals surface area (Å²) in [5.74, 6) is 1.43. The maximum atomic E-state index is 11.5. The Hall–Kier alpha value is -1.82. The molecule has 1 spiro atoms. The SMILES string of the molecule is Cc1ccc(NC2CCC3(CC2)CS(=O)(=O)C3)cc1-c1ncco1. The molecule has 1 saturated heterocycles. The molecule has 2 aliphatic rings. The normalized spacial score (nSPS) is 22.2. The Morgan fingerprint density at radius 1 is 1.25 bits per heavy atom. The smallest absolute Gasteiger partial charge is 0.226 e. The standard InChI is InChI=1S/C18H22N2O3S/c1-13-2-3-15(10-16(13)17-19-8-9-23-17)20-14-4-6-18(7-5-14)11-24(21,22)12-18/h2-3,8-10,14,20H,4-7,11-12H2,1H3. The third-order valence-electron chi connectivity index (χ3n) is 5.37. The number of nitrogens with one attached hydrogen (secondary N) is 1. The number of aryl methyl sites for hydroxylation is 1. The van der Waals surface area contributed by atoms with Gasteiger partial charge in [-0.1, -0.05) is 6.07 Å². The van der Waals surface area contributed by atoms with Crippen molar-refractivity contribution in [3.63, 3.8) is 0 Å². The molecule has 2 heterocycles. The predicted octanol–water partition coefficient (Wildman–Crippen LogP) is 3.42. The van der Waals surface area contributed by atoms with Gasteiger partial charge in [0.15, 0.2) is 9.84 Å². The summed E-state index contributed by atoms with van der Waals surface area (Å²) in [6.07, 6.45) is 7.30. The number of sulfone groups is 1. The molecule has 0 amide bonds. The zero-order valence-electron chi connectivity index (χ0n) is 13.8. The van der Waals surface area contributed by atoms with Gasteiger partial charge in [0.1, 0.15) is 6.26 Å². The third kappa shape index (κ3) is 2.95. The van der Waals surface area contributed by atoms with Gasteiger partial charge in [0, 0.05) is 17.3 Å². The molecule has 0 radical (unpaired) electrons. The van der Waals surface area contributed by atoms with E-state index in [9.17, 15) is 8.42 Å². The van der Waals surface area contributed by atoms with Crippen molar-refractivity contribution in [2.24, 2.45) is 5.41 Å². The molecule has 1 aromatic heterocycles. The average molecular weight is 346 g/mol. The van der Waals surface area contributed by atoms with Crippen molar-refractivity contribution in [3.8, 4) is 11.5 Å². The van der Waals surface area contributed by atoms with Gasteiger partial charge in [-0.25, -0.2) is 13.4 Å². The van der Waals surface area contributed by atoms with Gasteiger partial charge in [-0.05, 0) is 55.7 Å². The molecule has 1 saturated carbocycles. The van der Waals surface area contributed by atoms with Gasteiger partial charge in [0.25, 0.3) is 0 Å². The van der Waals surface area contributed by atoms with Crippen LogP contribution in [0.15, 0.2) is 35.1 Å². The summed E-state index contributed by atoms with van der Waals surface area (Å²) in [4.78, 5) is 4.24. The van der Waals surface area contributed by atoms with Crippen LogP contribution in [0.5, 0.6) is 0 Å². The van der Waals surface area contributed by atoms with E-state index >= 15 is 0 Å². The molecule has 1 N–H and O–H groups in total. The van der Waals surface area contributed by atoms with Crippen LogP contribution in [0.4, 0.5) is 5.69 Å². The monoisotopic (exact) mass is 346 g/mol. The van der Waals surface area contributed by atoms with Crippen molar-refractivity contribution in [1.29, 1.82) is 0 Å². The molecular weight excluding hydrogens is 324 g/mol. The lowest BCUT2D eigenvalue weighted by Crippen LogP contribution is -2.51. The van der Waals surface area contributed by atoms with Gasteiger partial charge >= 0.3 is 0 Å². The van der Waals surface area contributed by atoms with E-state index in [-0.39, 0.29) is 5.41 Å². The summed E-state index contributed by atoms with van der Waals surface area (Å²) in [7, 11) is -2.74. The van der Waals surface area contributed by atoms with E-state index < -0.39 is 9.84 Å². The molecule has 0 unspecified atom stereocenters. The van der Waals surface area contributed by atoms with Crippen LogP contribution in [0.3, 0.4) is 0 Å². The second-order valence-corrected chi connectivity index (χ2v) is 9.38. The molecule has 1 aliphatic carbocycles. The zero-order chi connectivity index (χ0) is 16.8. The van der Waals surface area contributed by atoms with Crippen molar-refractivity contribution in [2.75, 3.05) is 16.8 Å². The summed E-state index contributed by atoms with van der Waals surface area (Å²) < 4.78 is 28.4. The molecular formula is C18H22N2O3S. The maximum Gasteiger partial charge on any atom is 0.226 e. The lowest BCUT2D eigenvalue weighted by Gasteiger charge is -2.46. The quantitative estimate of drug-likeness (QED) is 0.922. The Labute approximate surface area is 142 Å². The molecule has 1 aromatic carbocycles. The van der Waals surface area contributed by atoms with Crippen molar-refractivity contribution >= 4 is 15.5 Å². The molecule has 2 fully saturated rings. The van der Waals surface area contributed by atoms with Crippen LogP contribution in [-0.4, -0.2) is 30.9 Å². The highest BCUT2D eigenvalue weighted by atomic mass is 32.2. The predicted molar refractivity (Wildman–Crippen MR) is 93.6 cm³/mol. The van der Waals surface area contributed by atoms with E-state index in [1.54, 1.807) is 12.5 Å². The Morgan fingerprint density at radius 2 is 2.00 bits per heavy atom. The fourth-order valence-electron chi connectivity index (χ4n) is 4.09. The van der Waals surface area contributed by atoms with Crippen LogP contribution in [0.2, 0.25) is 0 Å². The van der Waals surface area contributed by atoms with Crippen molar-refractivity contribution < 1.29 is 12.8 Å². The van der Waals surface area contributed by atoms with Gasteiger partial charge in [-0.15, -0.1) is 0 Å². The number of oxazole rings is 1. The lowest BCUT2D eigenvalue weighted by atomic mass is 9.74. The highest BCUT2D eigenvalue weighted by Gasteiger charge is 2.49. The van der Waals surface area contributed by atoms with E-state index in [4.69, 9.17) is 4.42 Å². The molecule has 0 atom stereocenters. The summed E-state index contributed by atoms with van der Waals surface area (Å²) in [5.41, 5.74) is 3.27. The topological polar surface area (TPSA) is 72.2 Å². The maximum absolute atomic E-state index is 11.5. The first-order valence-corrected chi connectivity index (χ1v) is 10.2. The van der Waals surface area contributed by atoms with Crippen molar-refractivity contribution in [2.45, 2.75) is 38.6 Å². The van der Waals surface area contributed by atoms with E-state index in [2.05, 4.69) is 28.5 Å². The molecule has 2 aromatic rings. The zero-order valence-corrected chi connectivity index (χ0v) is 14.6. The highest BCUT2D eigenvalue weighted by molar-refractivity contribution is 7.92. The number of rotatable bonds is 3. The van der Waals surface area contributed by atoms with Gasteiger partial charge in [0.05, 0.1) is 17.7 Å².